The number of nitrogens with two attached hydrogens (primary N) is 1. The summed E-state index contributed by atoms with van der Waals surface area (Å²) in [6, 6.07) is 3.81. The van der Waals surface area contributed by atoms with Crippen molar-refractivity contribution in [2.75, 3.05) is 7.11 Å². The number of hydrogen-bond donors (Lipinski definition) is 2. The second-order valence-corrected chi connectivity index (χ2v) is 4.16. The molecule has 19 heavy (non-hydrogen) atoms. The van der Waals surface area contributed by atoms with Crippen molar-refractivity contribution in [3.8, 4) is 5.75 Å². The lowest BCUT2D eigenvalue weighted by atomic mass is 10.1. The van der Waals surface area contributed by atoms with Gasteiger partial charge in [-0.2, -0.15) is 0 Å². The number of halogens is 1. The molecule has 104 valence electrons. The van der Waals surface area contributed by atoms with Crippen molar-refractivity contribution in [3.05, 3.63) is 29.6 Å². The Morgan fingerprint density at radius 3 is 2.68 bits per heavy atom. The first-order valence-corrected chi connectivity index (χ1v) is 5.85. The lowest BCUT2D eigenvalue weighted by Gasteiger charge is -2.10. The Hall–Kier alpha value is -2.11. The number of methoxy groups -OCH3 is 1. The fourth-order valence-corrected chi connectivity index (χ4v) is 1.51. The minimum absolute atomic E-state index is 0.156. The van der Waals surface area contributed by atoms with E-state index in [1.165, 1.54) is 26.2 Å². The zero-order chi connectivity index (χ0) is 14.4. The molecule has 1 aromatic carbocycles. The Bertz CT molecular complexity index is 477. The van der Waals surface area contributed by atoms with Gasteiger partial charge in [-0.25, -0.2) is 4.39 Å². The molecule has 0 fully saturated rings. The molecule has 2 amide bonds. The lowest BCUT2D eigenvalue weighted by Crippen LogP contribution is -2.42. The molecule has 0 aliphatic heterocycles. The monoisotopic (exact) mass is 268 g/mol. The van der Waals surface area contributed by atoms with Gasteiger partial charge in [-0.1, -0.05) is 6.07 Å². The van der Waals surface area contributed by atoms with Crippen molar-refractivity contribution >= 4 is 11.8 Å². The Morgan fingerprint density at radius 1 is 1.47 bits per heavy atom. The van der Waals surface area contributed by atoms with Crippen LogP contribution in [0.1, 0.15) is 18.9 Å². The molecule has 0 saturated heterocycles. The molecule has 0 aromatic heterocycles. The highest BCUT2D eigenvalue weighted by Crippen LogP contribution is 2.18. The van der Waals surface area contributed by atoms with Crippen LogP contribution >= 0.6 is 0 Å². The van der Waals surface area contributed by atoms with Gasteiger partial charge in [0.1, 0.15) is 6.04 Å². The fourth-order valence-electron chi connectivity index (χ4n) is 1.51. The summed E-state index contributed by atoms with van der Waals surface area (Å²) < 4.78 is 18.2. The van der Waals surface area contributed by atoms with Crippen molar-refractivity contribution in [3.63, 3.8) is 0 Å². The summed E-state index contributed by atoms with van der Waals surface area (Å²) in [6.07, 6.45) is 0.529. The highest BCUT2D eigenvalue weighted by Gasteiger charge is 2.12. The molecule has 3 N–H and O–H groups in total. The molecule has 0 bridgehead atoms. The summed E-state index contributed by atoms with van der Waals surface area (Å²) in [4.78, 5) is 22.3. The number of carbonyl (C=O) groups excluding carboxylic acids is 2. The topological polar surface area (TPSA) is 81.4 Å². The second-order valence-electron chi connectivity index (χ2n) is 4.16. The first-order chi connectivity index (χ1) is 8.93. The van der Waals surface area contributed by atoms with E-state index in [1.807, 2.05) is 0 Å². The van der Waals surface area contributed by atoms with E-state index in [0.29, 0.717) is 12.0 Å². The van der Waals surface area contributed by atoms with Crippen molar-refractivity contribution in [1.82, 2.24) is 5.32 Å². The first kappa shape index (κ1) is 14.9. The highest BCUT2D eigenvalue weighted by molar-refractivity contribution is 5.86. The standard InChI is InChI=1S/C13H17FN2O3/c1-8(13(15)18)16-12(17)6-4-9-3-5-11(19-2)10(14)7-9/h3,5,7-8H,4,6H2,1-2H3,(H2,15,18)(H,16,17). The van der Waals surface area contributed by atoms with Crippen LogP contribution in [0.25, 0.3) is 0 Å². The molecule has 0 aliphatic carbocycles. The van der Waals surface area contributed by atoms with Crippen LogP contribution in [0.4, 0.5) is 4.39 Å². The predicted octanol–water partition coefficient (Wildman–Crippen LogP) is 0.757. The Morgan fingerprint density at radius 2 is 2.16 bits per heavy atom. The number of rotatable bonds is 6. The van der Waals surface area contributed by atoms with Crippen molar-refractivity contribution in [2.24, 2.45) is 5.73 Å². The van der Waals surface area contributed by atoms with Gasteiger partial charge in [-0.15, -0.1) is 0 Å². The molecule has 1 rings (SSSR count). The maximum absolute atomic E-state index is 13.4. The van der Waals surface area contributed by atoms with Gasteiger partial charge in [0, 0.05) is 6.42 Å². The van der Waals surface area contributed by atoms with Gasteiger partial charge >= 0.3 is 0 Å². The molecule has 1 aromatic rings. The molecule has 6 heteroatoms. The average molecular weight is 268 g/mol. The third-order valence-corrected chi connectivity index (χ3v) is 2.66. The van der Waals surface area contributed by atoms with E-state index in [2.05, 4.69) is 5.32 Å². The normalized spacial score (nSPS) is 11.7. The molecule has 5 nitrogen and oxygen atoms in total. The van der Waals surface area contributed by atoms with Gasteiger partial charge in [0.15, 0.2) is 11.6 Å². The van der Waals surface area contributed by atoms with Crippen LogP contribution in [0.2, 0.25) is 0 Å². The Balaban J connectivity index is 2.50. The zero-order valence-corrected chi connectivity index (χ0v) is 10.9. The van der Waals surface area contributed by atoms with Gasteiger partial charge in [-0.3, -0.25) is 9.59 Å². The van der Waals surface area contributed by atoms with Crippen LogP contribution in [-0.2, 0) is 16.0 Å². The minimum Gasteiger partial charge on any atom is -0.494 e. The van der Waals surface area contributed by atoms with Gasteiger partial charge in [0.25, 0.3) is 0 Å². The zero-order valence-electron chi connectivity index (χ0n) is 10.9. The van der Waals surface area contributed by atoms with Gasteiger partial charge in [-0.05, 0) is 31.0 Å². The third kappa shape index (κ3) is 4.57. The van der Waals surface area contributed by atoms with E-state index in [9.17, 15) is 14.0 Å². The summed E-state index contributed by atoms with van der Waals surface area (Å²) in [5, 5.41) is 2.45. The van der Waals surface area contributed by atoms with Crippen molar-refractivity contribution in [1.29, 1.82) is 0 Å². The molecule has 0 spiro atoms. The van der Waals surface area contributed by atoms with Crippen LogP contribution in [0.15, 0.2) is 18.2 Å². The quantitative estimate of drug-likeness (QED) is 0.799. The van der Waals surface area contributed by atoms with Gasteiger partial charge < -0.3 is 15.8 Å². The molecule has 0 saturated carbocycles. The largest absolute Gasteiger partial charge is 0.494 e. The molecule has 1 unspecified atom stereocenters. The number of hydrogen-bond acceptors (Lipinski definition) is 3. The fraction of sp³-hybridized carbons (Fsp3) is 0.385. The second kappa shape index (κ2) is 6.72. The summed E-state index contributed by atoms with van der Waals surface area (Å²) in [7, 11) is 1.39. The molecule has 0 heterocycles. The maximum atomic E-state index is 13.4. The summed E-state index contributed by atoms with van der Waals surface area (Å²) >= 11 is 0. The number of ether oxygens (including phenoxy) is 1. The number of amides is 2. The first-order valence-electron chi connectivity index (χ1n) is 5.85. The average Bonchev–Trinajstić information content (AvgIpc) is 2.36. The van der Waals surface area contributed by atoms with Crippen molar-refractivity contribution in [2.45, 2.75) is 25.8 Å². The van der Waals surface area contributed by atoms with Crippen LogP contribution in [-0.4, -0.2) is 25.0 Å². The van der Waals surface area contributed by atoms with Crippen LogP contribution in [0.3, 0.4) is 0 Å². The van der Waals surface area contributed by atoms with E-state index in [-0.39, 0.29) is 18.1 Å². The van der Waals surface area contributed by atoms with E-state index in [0.717, 1.165) is 0 Å². The number of primary amides is 1. The Labute approximate surface area is 110 Å². The molecule has 1 atom stereocenters. The summed E-state index contributed by atoms with van der Waals surface area (Å²) in [5.41, 5.74) is 5.71. The number of benzene rings is 1. The lowest BCUT2D eigenvalue weighted by molar-refractivity contribution is -0.126. The Kier molecular flexibility index (Phi) is 5.29. The highest BCUT2D eigenvalue weighted by atomic mass is 19.1. The number of aryl methyl sites for hydroxylation is 1. The van der Waals surface area contributed by atoms with Crippen LogP contribution in [0, 0.1) is 5.82 Å². The third-order valence-electron chi connectivity index (χ3n) is 2.66. The molecular formula is C13H17FN2O3. The number of nitrogens with one attached hydrogen (secondary N) is 1. The SMILES string of the molecule is COc1ccc(CCC(=O)NC(C)C(N)=O)cc1F. The van der Waals surface area contributed by atoms with Gasteiger partial charge in [0.05, 0.1) is 7.11 Å². The van der Waals surface area contributed by atoms with E-state index >= 15 is 0 Å². The number of carbonyl (C=O) groups is 2. The summed E-state index contributed by atoms with van der Waals surface area (Å²) in [6.45, 7) is 1.51. The van der Waals surface area contributed by atoms with E-state index in [4.69, 9.17) is 10.5 Å². The van der Waals surface area contributed by atoms with Crippen LogP contribution in [0.5, 0.6) is 5.75 Å². The maximum Gasteiger partial charge on any atom is 0.239 e. The van der Waals surface area contributed by atoms with E-state index in [1.54, 1.807) is 6.07 Å². The predicted molar refractivity (Wildman–Crippen MR) is 68.1 cm³/mol. The van der Waals surface area contributed by atoms with Crippen molar-refractivity contribution < 1.29 is 18.7 Å². The minimum atomic E-state index is -0.708. The molecule has 0 aliphatic rings. The summed E-state index contributed by atoms with van der Waals surface area (Å²) in [5.74, 6) is -1.20. The van der Waals surface area contributed by atoms with E-state index < -0.39 is 17.8 Å². The molecular weight excluding hydrogens is 251 g/mol. The molecule has 0 radical (unpaired) electrons. The van der Waals surface area contributed by atoms with Gasteiger partial charge in [0.2, 0.25) is 11.8 Å². The smallest absolute Gasteiger partial charge is 0.239 e. The van der Waals surface area contributed by atoms with Crippen LogP contribution < -0.4 is 15.8 Å².